The number of rotatable bonds is 4. The highest BCUT2D eigenvalue weighted by Crippen LogP contribution is 2.53. The van der Waals surface area contributed by atoms with Crippen molar-refractivity contribution in [1.82, 2.24) is 9.27 Å². The third-order valence-electron chi connectivity index (χ3n) is 7.51. The summed E-state index contributed by atoms with van der Waals surface area (Å²) in [6, 6.07) is 3.06. The number of ketones is 2. The van der Waals surface area contributed by atoms with Gasteiger partial charge in [0.2, 0.25) is 5.78 Å². The Bertz CT molecular complexity index is 1480. The average molecular weight is 541 g/mol. The third-order valence-corrected chi connectivity index (χ3v) is 8.26. The molecule has 0 spiro atoms. The summed E-state index contributed by atoms with van der Waals surface area (Å²) in [6.45, 7) is 0. The molecule has 0 aliphatic heterocycles. The number of primary amides is 1. The summed E-state index contributed by atoms with van der Waals surface area (Å²) in [7, 11) is 3.05. The normalized spacial score (nSPS) is 26.7. The summed E-state index contributed by atoms with van der Waals surface area (Å²) < 4.78 is 3.90. The number of phenols is 1. The molecule has 4 unspecified atom stereocenters. The summed E-state index contributed by atoms with van der Waals surface area (Å²) in [5, 5.41) is 47.1. The van der Waals surface area contributed by atoms with Crippen LogP contribution in [0.3, 0.4) is 0 Å². The maximum Gasteiger partial charge on any atom is 0.267 e. The quantitative estimate of drug-likeness (QED) is 0.236. The number of likely N-dealkylation sites (N-methyl/N-ethyl adjacent to an activating group) is 1. The molecule has 4 atom stereocenters. The molecule has 38 heavy (non-hydrogen) atoms. The molecule has 12 nitrogen and oxygen atoms in total. The molecule has 5 rings (SSSR count). The number of amides is 2. The Morgan fingerprint density at radius 3 is 2.50 bits per heavy atom. The van der Waals surface area contributed by atoms with E-state index >= 15 is 0 Å². The minimum Gasteiger partial charge on any atom is -0.508 e. The Kier molecular flexibility index (Phi) is 5.89. The number of nitrogens with two attached hydrogens (primary N) is 1. The first-order chi connectivity index (χ1) is 17.9. The van der Waals surface area contributed by atoms with Gasteiger partial charge in [0, 0.05) is 23.4 Å². The molecule has 1 heterocycles. The van der Waals surface area contributed by atoms with Crippen LogP contribution in [-0.4, -0.2) is 78.8 Å². The lowest BCUT2D eigenvalue weighted by molar-refractivity contribution is -0.153. The number of aromatic nitrogens is 1. The fourth-order valence-corrected chi connectivity index (χ4v) is 6.37. The number of nitrogens with zero attached hydrogens (tertiary/aromatic N) is 2. The number of carbonyl (C=O) groups excluding carboxylic acids is 4. The number of aromatic hydroxyl groups is 1. The van der Waals surface area contributed by atoms with Crippen molar-refractivity contribution in [3.63, 3.8) is 0 Å². The standard InChI is InChI=1S/C25H24N4O8S/c1-29(2)18-11-8-9-7-10-12(28-24(36)14-5-6-27-38-14)3-4-13(30)16(10)19(31)15(9)21(33)25(11,37)22(34)17(20(18)32)23(26)35/h3-6,9,11,18,30-31,34,37H,7-8H2,1-2H3,(H2,26,35)(H,28,36). The molecule has 1 aromatic carbocycles. The molecule has 0 radical (unpaired) electrons. The highest BCUT2D eigenvalue weighted by molar-refractivity contribution is 7.08. The molecular weight excluding hydrogens is 516 g/mol. The van der Waals surface area contributed by atoms with Gasteiger partial charge in [-0.05, 0) is 68.1 Å². The summed E-state index contributed by atoms with van der Waals surface area (Å²) in [6.07, 6.45) is 1.48. The maximum atomic E-state index is 13.8. The van der Waals surface area contributed by atoms with Gasteiger partial charge < -0.3 is 31.5 Å². The van der Waals surface area contributed by atoms with Gasteiger partial charge in [-0.2, -0.15) is 0 Å². The first-order valence-corrected chi connectivity index (χ1v) is 12.4. The predicted octanol–water partition coefficient (Wildman–Crippen LogP) is 0.673. The molecule has 3 aliphatic carbocycles. The topological polar surface area (TPSA) is 203 Å². The molecule has 1 saturated carbocycles. The minimum atomic E-state index is -2.71. The van der Waals surface area contributed by atoms with Crippen molar-refractivity contribution < 1.29 is 39.6 Å². The van der Waals surface area contributed by atoms with Crippen LogP contribution in [0, 0.1) is 11.8 Å². The van der Waals surface area contributed by atoms with Crippen molar-refractivity contribution in [2.75, 3.05) is 19.4 Å². The van der Waals surface area contributed by atoms with Gasteiger partial charge in [-0.1, -0.05) is 0 Å². The first kappa shape index (κ1) is 25.6. The lowest BCUT2D eigenvalue weighted by Gasteiger charge is -2.50. The second-order valence-electron chi connectivity index (χ2n) is 9.78. The van der Waals surface area contributed by atoms with E-state index in [9.17, 15) is 39.6 Å². The Hall–Kier alpha value is -4.07. The van der Waals surface area contributed by atoms with Crippen LogP contribution < -0.4 is 11.1 Å². The van der Waals surface area contributed by atoms with E-state index < -0.39 is 64.0 Å². The van der Waals surface area contributed by atoms with Crippen LogP contribution in [0.1, 0.15) is 27.2 Å². The average Bonchev–Trinajstić information content (AvgIpc) is 3.38. The van der Waals surface area contributed by atoms with Crippen molar-refractivity contribution in [1.29, 1.82) is 0 Å². The molecule has 0 bridgehead atoms. The summed E-state index contributed by atoms with van der Waals surface area (Å²) in [4.78, 5) is 53.5. The Morgan fingerprint density at radius 1 is 1.18 bits per heavy atom. The van der Waals surface area contributed by atoms with Gasteiger partial charge >= 0.3 is 0 Å². The lowest BCUT2D eigenvalue weighted by atomic mass is 9.57. The van der Waals surface area contributed by atoms with E-state index in [2.05, 4.69) is 9.69 Å². The Balaban J connectivity index is 1.66. The van der Waals surface area contributed by atoms with Gasteiger partial charge in [0.25, 0.3) is 11.8 Å². The van der Waals surface area contributed by atoms with E-state index in [4.69, 9.17) is 5.73 Å². The van der Waals surface area contributed by atoms with Crippen molar-refractivity contribution >= 4 is 46.4 Å². The number of carbonyl (C=O) groups is 4. The number of hydrogen-bond donors (Lipinski definition) is 6. The summed E-state index contributed by atoms with van der Waals surface area (Å²) >= 11 is 0.987. The zero-order valence-corrected chi connectivity index (χ0v) is 21.1. The number of hydrogen-bond acceptors (Lipinski definition) is 11. The number of aliphatic hydroxyl groups excluding tert-OH is 2. The van der Waals surface area contributed by atoms with E-state index in [1.807, 2.05) is 0 Å². The van der Waals surface area contributed by atoms with Crippen molar-refractivity contribution in [3.05, 3.63) is 57.3 Å². The fraction of sp³-hybridized carbons (Fsp3) is 0.320. The van der Waals surface area contributed by atoms with Crippen molar-refractivity contribution in [2.24, 2.45) is 17.6 Å². The summed E-state index contributed by atoms with van der Waals surface area (Å²) in [5.74, 6) is -7.77. The second kappa shape index (κ2) is 8.75. The minimum absolute atomic E-state index is 0.0519. The van der Waals surface area contributed by atoms with Crippen LogP contribution in [0.25, 0.3) is 5.76 Å². The monoisotopic (exact) mass is 540 g/mol. The molecule has 2 amide bonds. The smallest absolute Gasteiger partial charge is 0.267 e. The Morgan fingerprint density at radius 2 is 1.89 bits per heavy atom. The highest BCUT2D eigenvalue weighted by Gasteiger charge is 2.64. The molecule has 1 fully saturated rings. The van der Waals surface area contributed by atoms with Gasteiger partial charge in [-0.15, -0.1) is 0 Å². The zero-order valence-electron chi connectivity index (χ0n) is 20.3. The number of anilines is 1. The second-order valence-corrected chi connectivity index (χ2v) is 10.6. The molecule has 2 aromatic rings. The van der Waals surface area contributed by atoms with Gasteiger partial charge in [-0.3, -0.25) is 24.1 Å². The van der Waals surface area contributed by atoms with E-state index in [0.29, 0.717) is 10.4 Å². The number of aliphatic hydroxyl groups is 3. The molecular formula is C25H24N4O8S. The number of Topliss-reactive ketones (excluding diaryl/α,β-unsaturated/α-hetero) is 2. The fourth-order valence-electron chi connectivity index (χ4n) is 5.88. The van der Waals surface area contributed by atoms with Crippen LogP contribution in [0.5, 0.6) is 5.75 Å². The van der Waals surface area contributed by atoms with Crippen molar-refractivity contribution in [2.45, 2.75) is 24.5 Å². The zero-order chi connectivity index (χ0) is 27.7. The molecule has 198 valence electrons. The first-order valence-electron chi connectivity index (χ1n) is 11.6. The number of nitrogens with one attached hydrogen (secondary N) is 1. The van der Waals surface area contributed by atoms with E-state index in [1.54, 1.807) is 0 Å². The van der Waals surface area contributed by atoms with Gasteiger partial charge in [0.15, 0.2) is 11.4 Å². The predicted molar refractivity (Wildman–Crippen MR) is 134 cm³/mol. The number of benzene rings is 1. The third kappa shape index (κ3) is 3.46. The maximum absolute atomic E-state index is 13.8. The largest absolute Gasteiger partial charge is 0.508 e. The molecule has 7 N–H and O–H groups in total. The van der Waals surface area contributed by atoms with E-state index in [-0.39, 0.29) is 35.4 Å². The molecule has 1 aromatic heterocycles. The Labute approximate surface area is 219 Å². The van der Waals surface area contributed by atoms with Crippen LogP contribution in [0.2, 0.25) is 0 Å². The van der Waals surface area contributed by atoms with Crippen LogP contribution in [0.4, 0.5) is 5.69 Å². The van der Waals surface area contributed by atoms with Gasteiger partial charge in [0.1, 0.15) is 27.7 Å². The summed E-state index contributed by atoms with van der Waals surface area (Å²) in [5.41, 5.74) is 2.01. The van der Waals surface area contributed by atoms with Crippen LogP contribution >= 0.6 is 11.5 Å². The highest BCUT2D eigenvalue weighted by atomic mass is 32.1. The van der Waals surface area contributed by atoms with Gasteiger partial charge in [-0.25, -0.2) is 4.37 Å². The molecule has 0 saturated heterocycles. The number of phenolic OH excluding ortho intramolecular Hbond substituents is 1. The molecule has 13 heteroatoms. The van der Waals surface area contributed by atoms with Crippen molar-refractivity contribution in [3.8, 4) is 5.75 Å². The molecule has 3 aliphatic rings. The van der Waals surface area contributed by atoms with E-state index in [0.717, 1.165) is 11.5 Å². The number of fused-ring (bicyclic) bond motifs is 3. The van der Waals surface area contributed by atoms with Crippen LogP contribution in [-0.2, 0) is 20.8 Å². The SMILES string of the molecule is CN(C)C1C(=O)C(C(N)=O)=C(O)C2(O)C(=O)C3=C(O)c4c(O)ccc(NC(=O)c5ccns5)c4CC3CC12. The van der Waals surface area contributed by atoms with Gasteiger partial charge in [0.05, 0.1) is 11.6 Å². The van der Waals surface area contributed by atoms with Crippen LogP contribution in [0.15, 0.2) is 41.3 Å². The lowest BCUT2D eigenvalue weighted by Crippen LogP contribution is -2.65. The van der Waals surface area contributed by atoms with E-state index in [1.165, 1.54) is 43.4 Å².